The standard InChI is InChI=1S/C38H46ClN5O8/c1-6-22-18-38(22,35(47)48)42-33(45)28-17-25(19-43(28)34(46)32(37(2,3)4)41-36(49)52-24-13-20-12-21(20)14-24)51-30-16-23(44-11-7-10-40-44)15-27-26(30)8-9-29(50-5)31(27)39/h7-11,15-16,20-22,24-25,28,32H,6,12-14,17-19H2,1-5H3,(H,41,49)(H,42,45)(H,47,48)/t20-,21+,22-,24+,25-,28+,32-,38-/m1/s1. The van der Waals surface area contributed by atoms with Crippen molar-refractivity contribution in [1.82, 2.24) is 25.3 Å². The van der Waals surface area contributed by atoms with Gasteiger partial charge in [0.25, 0.3) is 0 Å². The van der Waals surface area contributed by atoms with Gasteiger partial charge in [-0.05, 0) is 73.1 Å². The van der Waals surface area contributed by atoms with Crippen molar-refractivity contribution in [3.05, 3.63) is 47.7 Å². The number of methoxy groups -OCH3 is 1. The Labute approximate surface area is 307 Å². The molecule has 3 aliphatic carbocycles. The van der Waals surface area contributed by atoms with Gasteiger partial charge >= 0.3 is 12.1 Å². The molecule has 278 valence electrons. The lowest BCUT2D eigenvalue weighted by molar-refractivity contribution is -0.146. The van der Waals surface area contributed by atoms with E-state index in [2.05, 4.69) is 15.7 Å². The molecule has 2 aromatic carbocycles. The molecule has 0 radical (unpaired) electrons. The number of likely N-dealkylation sites (tertiary alicyclic amines) is 1. The predicted octanol–water partition coefficient (Wildman–Crippen LogP) is 5.34. The van der Waals surface area contributed by atoms with E-state index >= 15 is 0 Å². The van der Waals surface area contributed by atoms with Crippen molar-refractivity contribution < 1.29 is 38.5 Å². The van der Waals surface area contributed by atoms with Crippen LogP contribution in [0.2, 0.25) is 5.02 Å². The molecule has 13 nitrogen and oxygen atoms in total. The van der Waals surface area contributed by atoms with E-state index in [9.17, 15) is 24.3 Å². The van der Waals surface area contributed by atoms with Crippen molar-refractivity contribution in [3.63, 3.8) is 0 Å². The highest BCUT2D eigenvalue weighted by atomic mass is 35.5. The van der Waals surface area contributed by atoms with E-state index in [4.69, 9.17) is 25.8 Å². The molecule has 0 unspecified atom stereocenters. The lowest BCUT2D eigenvalue weighted by atomic mass is 9.85. The number of benzene rings is 2. The van der Waals surface area contributed by atoms with E-state index in [0.717, 1.165) is 12.8 Å². The molecule has 14 heteroatoms. The second-order valence-electron chi connectivity index (χ2n) is 15.8. The number of carboxylic acid groups (broad SMARTS) is 1. The molecule has 7 rings (SSSR count). The number of aliphatic carboxylic acids is 1. The Balaban J connectivity index is 1.19. The molecule has 0 bridgehead atoms. The number of fused-ring (bicyclic) bond motifs is 2. The van der Waals surface area contributed by atoms with Crippen LogP contribution < -0.4 is 20.1 Å². The lowest BCUT2D eigenvalue weighted by Gasteiger charge is -2.35. The first-order valence-corrected chi connectivity index (χ1v) is 18.4. The Morgan fingerprint density at radius 2 is 1.81 bits per heavy atom. The summed E-state index contributed by atoms with van der Waals surface area (Å²) in [5.41, 5.74) is -1.48. The minimum absolute atomic E-state index is 0.000861. The van der Waals surface area contributed by atoms with Crippen LogP contribution in [0.25, 0.3) is 16.5 Å². The summed E-state index contributed by atoms with van der Waals surface area (Å²) >= 11 is 6.78. The van der Waals surface area contributed by atoms with E-state index < -0.39 is 53.0 Å². The Bertz CT molecular complexity index is 1890. The van der Waals surface area contributed by atoms with E-state index in [1.54, 1.807) is 29.2 Å². The summed E-state index contributed by atoms with van der Waals surface area (Å²) in [6, 6.07) is 6.94. The average molecular weight is 736 g/mol. The third kappa shape index (κ3) is 6.75. The van der Waals surface area contributed by atoms with Gasteiger partial charge < -0.3 is 34.9 Å². The maximum absolute atomic E-state index is 14.6. The van der Waals surface area contributed by atoms with Gasteiger partial charge in [0, 0.05) is 35.7 Å². The van der Waals surface area contributed by atoms with Crippen LogP contribution in [-0.4, -0.2) is 87.1 Å². The van der Waals surface area contributed by atoms with Crippen molar-refractivity contribution in [2.24, 2.45) is 23.2 Å². The van der Waals surface area contributed by atoms with Gasteiger partial charge in [-0.3, -0.25) is 9.59 Å². The van der Waals surface area contributed by atoms with Crippen molar-refractivity contribution in [2.45, 2.75) is 96.1 Å². The Kier molecular flexibility index (Phi) is 9.29. The fourth-order valence-corrected chi connectivity index (χ4v) is 8.46. The molecule has 3 aromatic rings. The molecule has 1 saturated heterocycles. The summed E-state index contributed by atoms with van der Waals surface area (Å²) in [5, 5.41) is 21.8. The van der Waals surface area contributed by atoms with E-state index in [1.165, 1.54) is 18.4 Å². The number of nitrogens with zero attached hydrogens (tertiary/aromatic N) is 3. The van der Waals surface area contributed by atoms with Gasteiger partial charge in [0.15, 0.2) is 0 Å². The normalized spacial score (nSPS) is 28.2. The number of hydrogen-bond donors (Lipinski definition) is 3. The number of carbonyl (C=O) groups is 4. The molecule has 4 aliphatic rings. The molecular formula is C38H46ClN5O8. The van der Waals surface area contributed by atoms with Gasteiger partial charge in [0.1, 0.15) is 41.3 Å². The summed E-state index contributed by atoms with van der Waals surface area (Å²) in [5.74, 6) is -0.235. The maximum Gasteiger partial charge on any atom is 0.408 e. The van der Waals surface area contributed by atoms with Gasteiger partial charge in [-0.15, -0.1) is 0 Å². The number of halogens is 1. The highest BCUT2D eigenvalue weighted by Crippen LogP contribution is 2.52. The third-order valence-corrected chi connectivity index (χ3v) is 11.7. The summed E-state index contributed by atoms with van der Waals surface area (Å²) in [6.07, 6.45) is 5.71. The van der Waals surface area contributed by atoms with Crippen LogP contribution in [0.4, 0.5) is 4.79 Å². The van der Waals surface area contributed by atoms with Crippen LogP contribution in [0.5, 0.6) is 11.5 Å². The molecule has 3 N–H and O–H groups in total. The number of ether oxygens (including phenoxy) is 3. The summed E-state index contributed by atoms with van der Waals surface area (Å²) in [4.78, 5) is 55.6. The first kappa shape index (κ1) is 35.9. The molecule has 52 heavy (non-hydrogen) atoms. The molecule has 1 aliphatic heterocycles. The number of amides is 3. The first-order valence-electron chi connectivity index (χ1n) is 18.0. The SMILES string of the molecule is CC[C@@H]1C[C@]1(NC(=O)[C@@H]1C[C@@H](Oc2cc(-n3cccn3)cc3c(Cl)c(OC)ccc23)CN1C(=O)[C@@H](NC(=O)O[C@@H]1C[C@@H]2C[C@@H]2C1)C(C)(C)C)C(=O)O. The van der Waals surface area contributed by atoms with E-state index in [-0.39, 0.29) is 25.0 Å². The Hall–Kier alpha value is -4.52. The summed E-state index contributed by atoms with van der Waals surface area (Å²) < 4.78 is 19.5. The minimum Gasteiger partial charge on any atom is -0.495 e. The highest BCUT2D eigenvalue weighted by Gasteiger charge is 2.61. The lowest BCUT2D eigenvalue weighted by Crippen LogP contribution is -2.59. The zero-order valence-electron chi connectivity index (χ0n) is 30.1. The number of carboxylic acids is 1. The summed E-state index contributed by atoms with van der Waals surface area (Å²) in [7, 11) is 1.53. The number of nitrogens with one attached hydrogen (secondary N) is 2. The molecular weight excluding hydrogens is 690 g/mol. The molecule has 8 atom stereocenters. The molecule has 1 aromatic heterocycles. The maximum atomic E-state index is 14.6. The van der Waals surface area contributed by atoms with Crippen LogP contribution in [0.3, 0.4) is 0 Å². The number of aromatic nitrogens is 2. The Morgan fingerprint density at radius 3 is 2.42 bits per heavy atom. The molecule has 3 saturated carbocycles. The van der Waals surface area contributed by atoms with Crippen molar-refractivity contribution in [1.29, 1.82) is 0 Å². The number of hydrogen-bond acceptors (Lipinski definition) is 8. The van der Waals surface area contributed by atoms with E-state index in [1.807, 2.05) is 45.9 Å². The number of rotatable bonds is 11. The largest absolute Gasteiger partial charge is 0.495 e. The average Bonchev–Trinajstić information content (AvgIpc) is 3.71. The smallest absolute Gasteiger partial charge is 0.408 e. The zero-order valence-corrected chi connectivity index (χ0v) is 30.8. The van der Waals surface area contributed by atoms with Crippen molar-refractivity contribution in [3.8, 4) is 17.2 Å². The zero-order chi connectivity index (χ0) is 37.1. The van der Waals surface area contributed by atoms with Crippen LogP contribution >= 0.6 is 11.6 Å². The van der Waals surface area contributed by atoms with Gasteiger partial charge in [-0.1, -0.05) is 45.7 Å². The molecule has 2 heterocycles. The van der Waals surface area contributed by atoms with Crippen LogP contribution in [0, 0.1) is 23.2 Å². The Morgan fingerprint density at radius 1 is 1.06 bits per heavy atom. The highest BCUT2D eigenvalue weighted by molar-refractivity contribution is 6.37. The topological polar surface area (TPSA) is 161 Å². The fourth-order valence-electron chi connectivity index (χ4n) is 8.16. The van der Waals surface area contributed by atoms with Crippen LogP contribution in [0.1, 0.15) is 66.2 Å². The fraction of sp³-hybridized carbons (Fsp3) is 0.553. The number of alkyl carbamates (subject to hydrolysis) is 1. The van der Waals surface area contributed by atoms with Crippen molar-refractivity contribution >= 4 is 46.3 Å². The minimum atomic E-state index is -1.39. The molecule has 0 spiro atoms. The number of carbonyl (C=O) groups excluding carboxylic acids is 3. The van der Waals surface area contributed by atoms with Crippen LogP contribution in [0.15, 0.2) is 42.7 Å². The van der Waals surface area contributed by atoms with E-state index in [0.29, 0.717) is 57.7 Å². The summed E-state index contributed by atoms with van der Waals surface area (Å²) in [6.45, 7) is 7.38. The monoisotopic (exact) mass is 735 g/mol. The van der Waals surface area contributed by atoms with Gasteiger partial charge in [0.05, 0.1) is 24.4 Å². The van der Waals surface area contributed by atoms with Crippen molar-refractivity contribution in [2.75, 3.05) is 13.7 Å². The quantitative estimate of drug-likeness (QED) is 0.236. The first-order chi connectivity index (χ1) is 24.7. The van der Waals surface area contributed by atoms with Gasteiger partial charge in [-0.2, -0.15) is 5.10 Å². The predicted molar refractivity (Wildman–Crippen MR) is 192 cm³/mol. The second kappa shape index (κ2) is 13.5. The molecule has 3 amide bonds. The van der Waals surface area contributed by atoms with Gasteiger partial charge in [0.2, 0.25) is 11.8 Å². The molecule has 4 fully saturated rings. The third-order valence-electron chi connectivity index (χ3n) is 11.3. The van der Waals surface area contributed by atoms with Crippen LogP contribution in [-0.2, 0) is 19.1 Å². The van der Waals surface area contributed by atoms with Gasteiger partial charge in [-0.25, -0.2) is 14.3 Å². The second-order valence-corrected chi connectivity index (χ2v) is 16.2.